The molecule has 1 aromatic rings. The number of pyridine rings is 1. The Morgan fingerprint density at radius 2 is 2.24 bits per heavy atom. The lowest BCUT2D eigenvalue weighted by Crippen LogP contribution is -2.52. The van der Waals surface area contributed by atoms with Gasteiger partial charge in [-0.2, -0.15) is 0 Å². The summed E-state index contributed by atoms with van der Waals surface area (Å²) in [6.07, 6.45) is 0.798. The van der Waals surface area contributed by atoms with E-state index in [1.165, 1.54) is 0 Å². The normalized spacial score (nSPS) is 18.2. The van der Waals surface area contributed by atoms with Gasteiger partial charge in [-0.25, -0.2) is 0 Å². The first-order valence-electron chi connectivity index (χ1n) is 6.85. The molecule has 0 bridgehead atoms. The molecule has 0 atom stereocenters. The minimum atomic E-state index is -1.00. The third kappa shape index (κ3) is 3.30. The highest BCUT2D eigenvalue weighted by Gasteiger charge is 2.44. The largest absolute Gasteiger partial charge is 0.409 e. The number of oxime groups is 1. The van der Waals surface area contributed by atoms with Gasteiger partial charge in [0, 0.05) is 18.9 Å². The molecular weight excluding hydrogens is 272 g/mol. The lowest BCUT2D eigenvalue weighted by molar-refractivity contribution is -0.131. The van der Waals surface area contributed by atoms with E-state index in [9.17, 15) is 4.79 Å². The second-order valence-electron chi connectivity index (χ2n) is 5.13. The van der Waals surface area contributed by atoms with Gasteiger partial charge in [0.2, 0.25) is 5.91 Å². The summed E-state index contributed by atoms with van der Waals surface area (Å²) in [6.45, 7) is 3.02. The number of aromatic nitrogens is 1. The number of amidine groups is 1. The number of carbonyl (C=O) groups is 1. The third-order valence-corrected chi connectivity index (χ3v) is 3.76. The van der Waals surface area contributed by atoms with Crippen LogP contribution in [0.4, 0.5) is 0 Å². The molecule has 1 aliphatic rings. The Morgan fingerprint density at radius 3 is 2.86 bits per heavy atom. The van der Waals surface area contributed by atoms with Crippen molar-refractivity contribution in [3.63, 3.8) is 0 Å². The average molecular weight is 292 g/mol. The van der Waals surface area contributed by atoms with E-state index in [0.717, 1.165) is 11.4 Å². The highest BCUT2D eigenvalue weighted by atomic mass is 16.5. The van der Waals surface area contributed by atoms with Crippen molar-refractivity contribution in [3.8, 4) is 0 Å². The first-order chi connectivity index (χ1) is 10.1. The van der Waals surface area contributed by atoms with Crippen molar-refractivity contribution in [1.82, 2.24) is 10.3 Å². The molecule has 0 saturated carbocycles. The smallest absolute Gasteiger partial charge is 0.234 e. The van der Waals surface area contributed by atoms with Crippen molar-refractivity contribution in [2.45, 2.75) is 26.3 Å². The zero-order valence-corrected chi connectivity index (χ0v) is 12.0. The van der Waals surface area contributed by atoms with Crippen LogP contribution in [0.3, 0.4) is 0 Å². The van der Waals surface area contributed by atoms with E-state index in [2.05, 4.69) is 15.5 Å². The summed E-state index contributed by atoms with van der Waals surface area (Å²) in [7, 11) is 0. The van der Waals surface area contributed by atoms with Crippen molar-refractivity contribution in [1.29, 1.82) is 0 Å². The number of rotatable bonds is 4. The van der Waals surface area contributed by atoms with Crippen LogP contribution in [0, 0.1) is 12.3 Å². The molecule has 1 aliphatic heterocycles. The van der Waals surface area contributed by atoms with E-state index in [4.69, 9.17) is 15.7 Å². The highest BCUT2D eigenvalue weighted by Crippen LogP contribution is 2.31. The Balaban J connectivity index is 2.09. The molecule has 21 heavy (non-hydrogen) atoms. The molecule has 114 valence electrons. The first kappa shape index (κ1) is 15.2. The molecule has 0 unspecified atom stereocenters. The molecule has 4 N–H and O–H groups in total. The van der Waals surface area contributed by atoms with Gasteiger partial charge in [0.05, 0.1) is 12.2 Å². The van der Waals surface area contributed by atoms with Crippen LogP contribution in [0.1, 0.15) is 24.2 Å². The second kappa shape index (κ2) is 6.53. The van der Waals surface area contributed by atoms with Crippen LogP contribution in [-0.2, 0) is 16.1 Å². The first-order valence-corrected chi connectivity index (χ1v) is 6.85. The molecule has 0 spiro atoms. The predicted molar refractivity (Wildman–Crippen MR) is 76.7 cm³/mol. The molecule has 1 saturated heterocycles. The van der Waals surface area contributed by atoms with Crippen molar-refractivity contribution in [2.75, 3.05) is 13.2 Å². The number of nitrogens with two attached hydrogens (primary N) is 1. The van der Waals surface area contributed by atoms with Gasteiger partial charge in [0.25, 0.3) is 0 Å². The number of hydrogen-bond donors (Lipinski definition) is 3. The van der Waals surface area contributed by atoms with Crippen molar-refractivity contribution < 1.29 is 14.7 Å². The maximum absolute atomic E-state index is 12.5. The summed E-state index contributed by atoms with van der Waals surface area (Å²) in [5.74, 6) is -0.329. The van der Waals surface area contributed by atoms with Crippen LogP contribution >= 0.6 is 0 Å². The van der Waals surface area contributed by atoms with Gasteiger partial charge in [0.15, 0.2) is 5.84 Å². The van der Waals surface area contributed by atoms with Crippen LogP contribution in [0.5, 0.6) is 0 Å². The van der Waals surface area contributed by atoms with E-state index in [1.54, 1.807) is 0 Å². The lowest BCUT2D eigenvalue weighted by Gasteiger charge is -2.34. The Hall–Kier alpha value is -2.15. The Morgan fingerprint density at radius 1 is 1.52 bits per heavy atom. The number of aryl methyl sites for hydroxylation is 1. The molecule has 1 amide bonds. The summed E-state index contributed by atoms with van der Waals surface area (Å²) >= 11 is 0. The van der Waals surface area contributed by atoms with Crippen LogP contribution in [0.2, 0.25) is 0 Å². The number of ether oxygens (including phenoxy) is 1. The minimum Gasteiger partial charge on any atom is -0.409 e. The molecule has 2 rings (SSSR count). The van der Waals surface area contributed by atoms with Gasteiger partial charge in [0.1, 0.15) is 5.41 Å². The Kier molecular flexibility index (Phi) is 4.74. The fraction of sp³-hybridized carbons (Fsp3) is 0.500. The molecule has 0 aromatic carbocycles. The van der Waals surface area contributed by atoms with E-state index in [1.807, 2.05) is 25.1 Å². The van der Waals surface area contributed by atoms with Gasteiger partial charge in [-0.1, -0.05) is 11.2 Å². The number of carbonyl (C=O) groups excluding carboxylic acids is 1. The van der Waals surface area contributed by atoms with E-state index in [0.29, 0.717) is 32.6 Å². The van der Waals surface area contributed by atoms with E-state index >= 15 is 0 Å². The summed E-state index contributed by atoms with van der Waals surface area (Å²) in [5.41, 5.74) is 6.40. The molecule has 7 heteroatoms. The monoisotopic (exact) mass is 292 g/mol. The zero-order chi connectivity index (χ0) is 15.3. The summed E-state index contributed by atoms with van der Waals surface area (Å²) in [5, 5.41) is 14.8. The molecule has 2 heterocycles. The molecular formula is C14H20N4O3. The fourth-order valence-electron chi connectivity index (χ4n) is 2.45. The van der Waals surface area contributed by atoms with Gasteiger partial charge < -0.3 is 21.0 Å². The maximum atomic E-state index is 12.5. The topological polar surface area (TPSA) is 110 Å². The zero-order valence-electron chi connectivity index (χ0n) is 12.0. The average Bonchev–Trinajstić information content (AvgIpc) is 2.52. The van der Waals surface area contributed by atoms with Gasteiger partial charge in [-0.05, 0) is 31.9 Å². The summed E-state index contributed by atoms with van der Waals surface area (Å²) < 4.78 is 5.26. The fourth-order valence-corrected chi connectivity index (χ4v) is 2.45. The van der Waals surface area contributed by atoms with Gasteiger partial charge >= 0.3 is 0 Å². The Labute approximate surface area is 123 Å². The Bertz CT molecular complexity index is 539. The third-order valence-electron chi connectivity index (χ3n) is 3.76. The molecule has 0 aliphatic carbocycles. The lowest BCUT2D eigenvalue weighted by atomic mass is 9.78. The van der Waals surface area contributed by atoms with Crippen LogP contribution in [0.15, 0.2) is 23.4 Å². The molecule has 7 nitrogen and oxygen atoms in total. The predicted octanol–water partition coefficient (Wildman–Crippen LogP) is 0.549. The van der Waals surface area contributed by atoms with Crippen LogP contribution in [0.25, 0.3) is 0 Å². The standard InChI is InChI=1S/C14H20N4O3/c1-10-3-2-4-11(17-10)9-16-13(19)14(12(15)18-20)5-7-21-8-6-14/h2-4,20H,5-9H2,1H3,(H2,15,18)(H,16,19). The quantitative estimate of drug-likeness (QED) is 0.325. The maximum Gasteiger partial charge on any atom is 0.234 e. The van der Waals surface area contributed by atoms with Crippen LogP contribution < -0.4 is 11.1 Å². The SMILES string of the molecule is Cc1cccc(CNC(=O)C2(C(N)=NO)CCOCC2)n1. The number of hydrogen-bond acceptors (Lipinski definition) is 5. The molecule has 0 radical (unpaired) electrons. The highest BCUT2D eigenvalue weighted by molar-refractivity contribution is 6.06. The van der Waals surface area contributed by atoms with E-state index < -0.39 is 5.41 Å². The number of nitrogens with one attached hydrogen (secondary N) is 1. The summed E-state index contributed by atoms with van der Waals surface area (Å²) in [4.78, 5) is 16.8. The van der Waals surface area contributed by atoms with Gasteiger partial charge in [-0.15, -0.1) is 0 Å². The second-order valence-corrected chi connectivity index (χ2v) is 5.13. The van der Waals surface area contributed by atoms with Crippen molar-refractivity contribution in [3.05, 3.63) is 29.6 Å². The van der Waals surface area contributed by atoms with Crippen molar-refractivity contribution in [2.24, 2.45) is 16.3 Å². The van der Waals surface area contributed by atoms with Gasteiger partial charge in [-0.3, -0.25) is 9.78 Å². The minimum absolute atomic E-state index is 0.0690. The molecule has 1 aromatic heterocycles. The summed E-state index contributed by atoms with van der Waals surface area (Å²) in [6, 6.07) is 5.62. The van der Waals surface area contributed by atoms with Crippen molar-refractivity contribution >= 4 is 11.7 Å². The molecule has 1 fully saturated rings. The number of amides is 1. The number of nitrogens with zero attached hydrogens (tertiary/aromatic N) is 2. The van der Waals surface area contributed by atoms with E-state index in [-0.39, 0.29) is 11.7 Å². The van der Waals surface area contributed by atoms with Crippen LogP contribution in [-0.4, -0.2) is 35.1 Å².